The van der Waals surface area contributed by atoms with Gasteiger partial charge in [-0.05, 0) is 19.0 Å². The molecule has 2 atom stereocenters. The van der Waals surface area contributed by atoms with Gasteiger partial charge >= 0.3 is 0 Å². The van der Waals surface area contributed by atoms with E-state index in [0.717, 1.165) is 13.2 Å². The predicted molar refractivity (Wildman–Crippen MR) is 57.2 cm³/mol. The van der Waals surface area contributed by atoms with E-state index in [2.05, 4.69) is 29.6 Å². The molecule has 0 saturated carbocycles. The van der Waals surface area contributed by atoms with E-state index in [1.807, 2.05) is 13.1 Å². The molecule has 2 rings (SSSR count). The lowest BCUT2D eigenvalue weighted by atomic mass is 9.95. The lowest BCUT2D eigenvalue weighted by Gasteiger charge is -2.18. The summed E-state index contributed by atoms with van der Waals surface area (Å²) in [5.74, 6) is 0.627. The molecular formula is C12H17NO. The van der Waals surface area contributed by atoms with Crippen LogP contribution in [0, 0.1) is 5.92 Å². The minimum atomic E-state index is 0.295. The van der Waals surface area contributed by atoms with E-state index in [-0.39, 0.29) is 0 Å². The molecule has 1 aliphatic heterocycles. The largest absolute Gasteiger partial charge is 0.373 e. The van der Waals surface area contributed by atoms with Gasteiger partial charge in [0.05, 0.1) is 6.10 Å². The molecule has 0 aromatic heterocycles. The first-order valence-electron chi connectivity index (χ1n) is 5.23. The number of hydrogen-bond acceptors (Lipinski definition) is 2. The highest BCUT2D eigenvalue weighted by atomic mass is 16.5. The lowest BCUT2D eigenvalue weighted by Crippen LogP contribution is -2.21. The van der Waals surface area contributed by atoms with Crippen molar-refractivity contribution in [2.75, 3.05) is 20.2 Å². The summed E-state index contributed by atoms with van der Waals surface area (Å²) in [6.45, 7) is 1.94. The van der Waals surface area contributed by atoms with Crippen molar-refractivity contribution in [3.05, 3.63) is 35.9 Å². The lowest BCUT2D eigenvalue weighted by molar-refractivity contribution is 0.0910. The fourth-order valence-corrected chi connectivity index (χ4v) is 2.12. The second kappa shape index (κ2) is 4.58. The Morgan fingerprint density at radius 2 is 2.14 bits per heavy atom. The van der Waals surface area contributed by atoms with Gasteiger partial charge in [-0.15, -0.1) is 0 Å². The Morgan fingerprint density at radius 3 is 2.86 bits per heavy atom. The van der Waals surface area contributed by atoms with Gasteiger partial charge in [-0.25, -0.2) is 0 Å². The van der Waals surface area contributed by atoms with Crippen LogP contribution in [-0.2, 0) is 4.74 Å². The highest BCUT2D eigenvalue weighted by Crippen LogP contribution is 2.33. The maximum atomic E-state index is 5.76. The molecule has 0 bridgehead atoms. The highest BCUT2D eigenvalue weighted by molar-refractivity contribution is 5.19. The van der Waals surface area contributed by atoms with E-state index in [1.165, 1.54) is 12.0 Å². The Balaban J connectivity index is 2.10. The first-order chi connectivity index (χ1) is 6.92. The maximum absolute atomic E-state index is 5.76. The molecular weight excluding hydrogens is 174 g/mol. The normalized spacial score (nSPS) is 26.6. The summed E-state index contributed by atoms with van der Waals surface area (Å²) in [6, 6.07) is 10.5. The molecule has 1 saturated heterocycles. The number of ether oxygens (including phenoxy) is 1. The van der Waals surface area contributed by atoms with Crippen LogP contribution in [-0.4, -0.2) is 20.2 Å². The van der Waals surface area contributed by atoms with Crippen LogP contribution in [0.15, 0.2) is 30.3 Å². The molecule has 0 aliphatic carbocycles. The molecule has 1 fully saturated rings. The Labute approximate surface area is 85.3 Å². The molecule has 1 aliphatic rings. The maximum Gasteiger partial charge on any atom is 0.0866 e. The molecule has 0 spiro atoms. The quantitative estimate of drug-likeness (QED) is 0.789. The molecule has 0 unspecified atom stereocenters. The van der Waals surface area contributed by atoms with Crippen LogP contribution in [0.25, 0.3) is 0 Å². The molecule has 2 nitrogen and oxygen atoms in total. The number of rotatable bonds is 3. The summed E-state index contributed by atoms with van der Waals surface area (Å²) in [5.41, 5.74) is 1.31. The zero-order valence-corrected chi connectivity index (χ0v) is 8.57. The summed E-state index contributed by atoms with van der Waals surface area (Å²) in [5, 5.41) is 3.23. The number of hydrogen-bond donors (Lipinski definition) is 1. The molecule has 14 heavy (non-hydrogen) atoms. The minimum absolute atomic E-state index is 0.295. The second-order valence-electron chi connectivity index (χ2n) is 3.81. The van der Waals surface area contributed by atoms with Crippen molar-refractivity contribution in [2.45, 2.75) is 12.5 Å². The summed E-state index contributed by atoms with van der Waals surface area (Å²) >= 11 is 0. The van der Waals surface area contributed by atoms with Crippen molar-refractivity contribution in [2.24, 2.45) is 5.92 Å². The van der Waals surface area contributed by atoms with Gasteiger partial charge in [0, 0.05) is 19.1 Å². The van der Waals surface area contributed by atoms with E-state index in [0.29, 0.717) is 12.0 Å². The molecule has 1 aromatic carbocycles. The Kier molecular flexibility index (Phi) is 3.17. The van der Waals surface area contributed by atoms with Crippen molar-refractivity contribution >= 4 is 0 Å². The summed E-state index contributed by atoms with van der Waals surface area (Å²) in [4.78, 5) is 0. The van der Waals surface area contributed by atoms with Crippen LogP contribution < -0.4 is 5.32 Å². The zero-order valence-electron chi connectivity index (χ0n) is 8.57. The SMILES string of the molecule is CNC[C@@H]1CCO[C@H]1c1ccccc1. The molecule has 0 amide bonds. The van der Waals surface area contributed by atoms with Gasteiger partial charge in [-0.2, -0.15) is 0 Å². The average molecular weight is 191 g/mol. The van der Waals surface area contributed by atoms with Crippen LogP contribution in [0.3, 0.4) is 0 Å². The van der Waals surface area contributed by atoms with Gasteiger partial charge in [0.2, 0.25) is 0 Å². The third kappa shape index (κ3) is 1.97. The minimum Gasteiger partial charge on any atom is -0.373 e. The predicted octanol–water partition coefficient (Wildman–Crippen LogP) is 1.98. The van der Waals surface area contributed by atoms with Gasteiger partial charge in [0.15, 0.2) is 0 Å². The van der Waals surface area contributed by atoms with E-state index < -0.39 is 0 Å². The van der Waals surface area contributed by atoms with Crippen molar-refractivity contribution in [3.63, 3.8) is 0 Å². The van der Waals surface area contributed by atoms with Crippen molar-refractivity contribution in [1.29, 1.82) is 0 Å². The van der Waals surface area contributed by atoms with Crippen LogP contribution in [0.5, 0.6) is 0 Å². The number of benzene rings is 1. The second-order valence-corrected chi connectivity index (χ2v) is 3.81. The van der Waals surface area contributed by atoms with E-state index in [4.69, 9.17) is 4.74 Å². The molecule has 0 radical (unpaired) electrons. The fraction of sp³-hybridized carbons (Fsp3) is 0.500. The Hall–Kier alpha value is -0.860. The van der Waals surface area contributed by atoms with Crippen molar-refractivity contribution in [1.82, 2.24) is 5.32 Å². The topological polar surface area (TPSA) is 21.3 Å². The van der Waals surface area contributed by atoms with Gasteiger partial charge < -0.3 is 10.1 Å². The average Bonchev–Trinajstić information content (AvgIpc) is 2.68. The fourth-order valence-electron chi connectivity index (χ4n) is 2.12. The van der Waals surface area contributed by atoms with E-state index >= 15 is 0 Å². The van der Waals surface area contributed by atoms with Crippen LogP contribution in [0.4, 0.5) is 0 Å². The van der Waals surface area contributed by atoms with Crippen molar-refractivity contribution in [3.8, 4) is 0 Å². The molecule has 2 heteroatoms. The summed E-state index contributed by atoms with van der Waals surface area (Å²) < 4.78 is 5.76. The van der Waals surface area contributed by atoms with Gasteiger partial charge in [0.1, 0.15) is 0 Å². The molecule has 76 valence electrons. The van der Waals surface area contributed by atoms with Crippen LogP contribution >= 0.6 is 0 Å². The smallest absolute Gasteiger partial charge is 0.0866 e. The van der Waals surface area contributed by atoms with E-state index in [9.17, 15) is 0 Å². The van der Waals surface area contributed by atoms with Crippen LogP contribution in [0.2, 0.25) is 0 Å². The third-order valence-electron chi connectivity index (χ3n) is 2.81. The zero-order chi connectivity index (χ0) is 9.80. The van der Waals surface area contributed by atoms with Gasteiger partial charge in [0.25, 0.3) is 0 Å². The standard InChI is InChI=1S/C12H17NO/c1-13-9-11-7-8-14-12(11)10-5-3-2-4-6-10/h2-6,11-13H,7-9H2,1H3/t11-,12-/m0/s1. The van der Waals surface area contributed by atoms with E-state index in [1.54, 1.807) is 0 Å². The van der Waals surface area contributed by atoms with Crippen molar-refractivity contribution < 1.29 is 4.74 Å². The summed E-state index contributed by atoms with van der Waals surface area (Å²) in [7, 11) is 2.00. The Morgan fingerprint density at radius 1 is 1.36 bits per heavy atom. The van der Waals surface area contributed by atoms with Gasteiger partial charge in [-0.1, -0.05) is 30.3 Å². The summed E-state index contributed by atoms with van der Waals surface area (Å²) in [6.07, 6.45) is 1.46. The first-order valence-corrected chi connectivity index (χ1v) is 5.23. The highest BCUT2D eigenvalue weighted by Gasteiger charge is 2.28. The van der Waals surface area contributed by atoms with Crippen LogP contribution in [0.1, 0.15) is 18.1 Å². The first kappa shape index (κ1) is 9.69. The molecule has 1 heterocycles. The third-order valence-corrected chi connectivity index (χ3v) is 2.81. The molecule has 1 aromatic rings. The monoisotopic (exact) mass is 191 g/mol. The number of nitrogens with one attached hydrogen (secondary N) is 1. The Bertz CT molecular complexity index is 273. The van der Waals surface area contributed by atoms with Gasteiger partial charge in [-0.3, -0.25) is 0 Å². The molecule has 1 N–H and O–H groups in total.